The molecule has 0 aliphatic heterocycles. The summed E-state index contributed by atoms with van der Waals surface area (Å²) < 4.78 is 0.423. The van der Waals surface area contributed by atoms with E-state index in [9.17, 15) is 14.9 Å². The van der Waals surface area contributed by atoms with Crippen molar-refractivity contribution in [2.24, 2.45) is 5.73 Å². The normalized spacial score (nSPS) is 12.1. The summed E-state index contributed by atoms with van der Waals surface area (Å²) in [4.78, 5) is 20.8. The number of nitro benzene ring substituents is 1. The van der Waals surface area contributed by atoms with E-state index in [4.69, 9.17) is 10.8 Å². The average molecular weight is 335 g/mol. The van der Waals surface area contributed by atoms with Crippen molar-refractivity contribution in [3.63, 3.8) is 0 Å². The summed E-state index contributed by atoms with van der Waals surface area (Å²) in [6.45, 7) is 0. The van der Waals surface area contributed by atoms with Gasteiger partial charge in [-0.2, -0.15) is 11.8 Å². The fourth-order valence-electron chi connectivity index (χ4n) is 1.19. The van der Waals surface area contributed by atoms with E-state index in [0.29, 0.717) is 10.2 Å². The lowest BCUT2D eigenvalue weighted by molar-refractivity contribution is -0.385. The van der Waals surface area contributed by atoms with Crippen LogP contribution in [0.4, 0.5) is 5.69 Å². The van der Waals surface area contributed by atoms with Crippen molar-refractivity contribution in [1.82, 2.24) is 0 Å². The number of thioether (sulfide) groups is 1. The van der Waals surface area contributed by atoms with Crippen molar-refractivity contribution in [3.8, 4) is 0 Å². The third-order valence-electron chi connectivity index (χ3n) is 2.13. The average Bonchev–Trinajstić information content (AvgIpc) is 2.30. The van der Waals surface area contributed by atoms with E-state index in [1.54, 1.807) is 12.1 Å². The highest BCUT2D eigenvalue weighted by Gasteiger charge is 2.16. The maximum atomic E-state index is 10.7. The van der Waals surface area contributed by atoms with Gasteiger partial charge in [0.2, 0.25) is 0 Å². The minimum atomic E-state index is -1.05. The number of nitrogens with zero attached hydrogens (tertiary/aromatic N) is 1. The van der Waals surface area contributed by atoms with E-state index >= 15 is 0 Å². The number of hydrogen-bond acceptors (Lipinski definition) is 5. The summed E-state index contributed by atoms with van der Waals surface area (Å²) in [6.07, 6.45) is 0. The van der Waals surface area contributed by atoms with E-state index in [1.165, 1.54) is 17.8 Å². The maximum Gasteiger partial charge on any atom is 0.321 e. The van der Waals surface area contributed by atoms with E-state index in [1.807, 2.05) is 0 Å². The Labute approximate surface area is 116 Å². The lowest BCUT2D eigenvalue weighted by atomic mass is 10.2. The molecule has 0 spiro atoms. The van der Waals surface area contributed by atoms with Crippen LogP contribution in [0.1, 0.15) is 5.56 Å². The molecule has 0 aromatic heterocycles. The number of rotatable bonds is 6. The van der Waals surface area contributed by atoms with Crippen molar-refractivity contribution in [2.75, 3.05) is 5.75 Å². The number of benzene rings is 1. The van der Waals surface area contributed by atoms with Crippen LogP contribution in [-0.2, 0) is 10.5 Å². The van der Waals surface area contributed by atoms with Crippen molar-refractivity contribution in [2.45, 2.75) is 11.8 Å². The quantitative estimate of drug-likeness (QED) is 0.608. The molecule has 0 aliphatic carbocycles. The molecular weight excluding hydrogens is 324 g/mol. The van der Waals surface area contributed by atoms with Crippen molar-refractivity contribution >= 4 is 39.3 Å². The van der Waals surface area contributed by atoms with Crippen LogP contribution in [0.2, 0.25) is 0 Å². The molecule has 0 bridgehead atoms. The highest BCUT2D eigenvalue weighted by Crippen LogP contribution is 2.30. The molecule has 1 rings (SSSR count). The van der Waals surface area contributed by atoms with Gasteiger partial charge in [0.25, 0.3) is 5.69 Å². The third-order valence-corrected chi connectivity index (χ3v) is 4.15. The number of hydrogen-bond donors (Lipinski definition) is 2. The Morgan fingerprint density at radius 1 is 1.61 bits per heavy atom. The monoisotopic (exact) mass is 334 g/mol. The molecule has 18 heavy (non-hydrogen) atoms. The first-order chi connectivity index (χ1) is 8.43. The SMILES string of the molecule is N[C@H](CSCc1cccc([N+](=O)[O-])c1Br)C(=O)O. The number of nitrogens with two attached hydrogens (primary N) is 1. The van der Waals surface area contributed by atoms with Crippen LogP contribution < -0.4 is 5.73 Å². The van der Waals surface area contributed by atoms with Crippen LogP contribution in [0.3, 0.4) is 0 Å². The Balaban J connectivity index is 2.66. The lowest BCUT2D eigenvalue weighted by Crippen LogP contribution is -2.32. The molecule has 6 nitrogen and oxygen atoms in total. The highest BCUT2D eigenvalue weighted by atomic mass is 79.9. The molecule has 0 aliphatic rings. The minimum absolute atomic E-state index is 0.00404. The topological polar surface area (TPSA) is 106 Å². The van der Waals surface area contributed by atoms with Gasteiger partial charge in [0.1, 0.15) is 6.04 Å². The first-order valence-electron chi connectivity index (χ1n) is 4.91. The first-order valence-corrected chi connectivity index (χ1v) is 6.86. The molecule has 0 unspecified atom stereocenters. The third kappa shape index (κ3) is 3.97. The van der Waals surface area contributed by atoms with Crippen LogP contribution >= 0.6 is 27.7 Å². The molecule has 0 heterocycles. The van der Waals surface area contributed by atoms with Crippen LogP contribution in [0.15, 0.2) is 22.7 Å². The molecule has 3 N–H and O–H groups in total. The van der Waals surface area contributed by atoms with Gasteiger partial charge in [-0.3, -0.25) is 14.9 Å². The zero-order chi connectivity index (χ0) is 13.7. The molecule has 0 fully saturated rings. The number of carboxylic acid groups (broad SMARTS) is 1. The molecule has 1 aromatic rings. The van der Waals surface area contributed by atoms with Gasteiger partial charge in [-0.25, -0.2) is 0 Å². The minimum Gasteiger partial charge on any atom is -0.480 e. The standard InChI is InChI=1S/C10H11BrN2O4S/c11-9-6(2-1-3-8(9)13(16)17)4-18-5-7(12)10(14)15/h1-3,7H,4-5,12H2,(H,14,15)/t7-/m1/s1. The molecule has 98 valence electrons. The first kappa shape index (κ1) is 14.9. The summed E-state index contributed by atoms with van der Waals surface area (Å²) in [5, 5.41) is 19.3. The van der Waals surface area contributed by atoms with Gasteiger partial charge in [0.05, 0.1) is 9.40 Å². The zero-order valence-corrected chi connectivity index (χ0v) is 11.6. The Hall–Kier alpha value is -1.12. The predicted molar refractivity (Wildman–Crippen MR) is 72.6 cm³/mol. The van der Waals surface area contributed by atoms with E-state index < -0.39 is 16.9 Å². The smallest absolute Gasteiger partial charge is 0.321 e. The molecule has 1 atom stereocenters. The van der Waals surface area contributed by atoms with Gasteiger partial charge in [-0.05, 0) is 21.5 Å². The molecule has 1 aromatic carbocycles. The van der Waals surface area contributed by atoms with Gasteiger partial charge < -0.3 is 10.8 Å². The Bertz CT molecular complexity index is 469. The molecule has 0 saturated heterocycles. The van der Waals surface area contributed by atoms with Gasteiger partial charge in [-0.1, -0.05) is 12.1 Å². The van der Waals surface area contributed by atoms with Gasteiger partial charge >= 0.3 is 5.97 Å². The number of carboxylic acids is 1. The second kappa shape index (κ2) is 6.72. The number of nitro groups is 1. The summed E-state index contributed by atoms with van der Waals surface area (Å²) in [5.41, 5.74) is 6.09. The number of carbonyl (C=O) groups is 1. The molecule has 0 amide bonds. The van der Waals surface area contributed by atoms with Gasteiger partial charge in [-0.15, -0.1) is 0 Å². The largest absolute Gasteiger partial charge is 0.480 e. The van der Waals surface area contributed by atoms with Crippen molar-refractivity contribution in [3.05, 3.63) is 38.3 Å². The second-order valence-electron chi connectivity index (χ2n) is 3.47. The number of halogens is 1. The fourth-order valence-corrected chi connectivity index (χ4v) is 2.90. The van der Waals surface area contributed by atoms with E-state index in [-0.39, 0.29) is 11.4 Å². The van der Waals surface area contributed by atoms with Gasteiger partial charge in [0, 0.05) is 17.6 Å². The molecule has 0 radical (unpaired) electrons. The Morgan fingerprint density at radius 3 is 2.83 bits per heavy atom. The Kier molecular flexibility index (Phi) is 5.57. The molecule has 0 saturated carbocycles. The predicted octanol–water partition coefficient (Wildman–Crippen LogP) is 2.00. The van der Waals surface area contributed by atoms with Crippen LogP contribution in [0.25, 0.3) is 0 Å². The van der Waals surface area contributed by atoms with E-state index in [0.717, 1.165) is 5.56 Å². The summed E-state index contributed by atoms with van der Waals surface area (Å²) in [6, 6.07) is 3.82. The summed E-state index contributed by atoms with van der Waals surface area (Å²) in [7, 11) is 0. The highest BCUT2D eigenvalue weighted by molar-refractivity contribution is 9.10. The van der Waals surface area contributed by atoms with Gasteiger partial charge in [0.15, 0.2) is 0 Å². The van der Waals surface area contributed by atoms with E-state index in [2.05, 4.69) is 15.9 Å². The second-order valence-corrected chi connectivity index (χ2v) is 5.29. The molecule has 8 heteroatoms. The summed E-state index contributed by atoms with van der Waals surface area (Å²) in [5.74, 6) is -0.339. The number of aliphatic carboxylic acids is 1. The van der Waals surface area contributed by atoms with Crippen molar-refractivity contribution in [1.29, 1.82) is 0 Å². The zero-order valence-electron chi connectivity index (χ0n) is 9.21. The lowest BCUT2D eigenvalue weighted by Gasteiger charge is -2.07. The Morgan fingerprint density at radius 2 is 2.28 bits per heavy atom. The summed E-state index contributed by atoms with van der Waals surface area (Å²) >= 11 is 4.49. The molecular formula is C10H11BrN2O4S. The van der Waals surface area contributed by atoms with Crippen LogP contribution in [-0.4, -0.2) is 27.8 Å². The maximum absolute atomic E-state index is 10.7. The van der Waals surface area contributed by atoms with Crippen LogP contribution in [0, 0.1) is 10.1 Å². The van der Waals surface area contributed by atoms with Crippen LogP contribution in [0.5, 0.6) is 0 Å². The van der Waals surface area contributed by atoms with Crippen molar-refractivity contribution < 1.29 is 14.8 Å². The fraction of sp³-hybridized carbons (Fsp3) is 0.300.